The van der Waals surface area contributed by atoms with Crippen molar-refractivity contribution in [1.29, 1.82) is 5.41 Å². The summed E-state index contributed by atoms with van der Waals surface area (Å²) >= 11 is 3.80. The number of thioether (sulfide) groups is 2. The Morgan fingerprint density at radius 3 is 1.83 bits per heavy atom. The van der Waals surface area contributed by atoms with Crippen molar-refractivity contribution in [3.63, 3.8) is 0 Å². The number of thiophene rings is 1. The molecule has 5 heterocycles. The number of carboxylic acid groups (broad SMARTS) is 3. The molecular formula is C87H133N21O24S3. The molecule has 2 aliphatic heterocycles. The molecule has 0 aromatic carbocycles. The van der Waals surface area contributed by atoms with Crippen LogP contribution in [0.15, 0.2) is 35.2 Å². The predicted molar refractivity (Wildman–Crippen MR) is 496 cm³/mol. The Morgan fingerprint density at radius 1 is 0.615 bits per heavy atom. The zero-order chi connectivity index (χ0) is 101. The van der Waals surface area contributed by atoms with Crippen LogP contribution >= 0.6 is 34.9 Å². The number of H-pyrrole nitrogens is 1. The van der Waals surface area contributed by atoms with Gasteiger partial charge in [0.15, 0.2) is 23.3 Å². The summed E-state index contributed by atoms with van der Waals surface area (Å²) in [6, 6.07) is -17.5. The van der Waals surface area contributed by atoms with E-state index in [1.807, 2.05) is 10.8 Å². The Bertz CT molecular complexity index is 4700. The number of amides is 15. The third-order valence-electron chi connectivity index (χ3n) is 23.2. The summed E-state index contributed by atoms with van der Waals surface area (Å²) in [6.45, 7) is 14.3. The van der Waals surface area contributed by atoms with Crippen LogP contribution in [-0.2, 0) is 114 Å². The standard InChI is InChI=1S/C87H133N21O24S3/c1-11-46(8)72-84(131)102-58(32-43(2)3)80(127)101-59(38-70(119)120)81(128)98-54(77(124)100-57(35-51-39-93-42-95-51)64(111)36-52(44(4)5)76(123)97-53(19-22-66(88)113)63(110)34-49(16-14-27-94-87(91)92)75(122)105-71(45(6)7)65(112)33-48(74(90)121)25-30-133-10)17-12-13-28-107-40-50-26-31-134-73(50)86(107)135-41-61(82(129)106-72)104-79(126)56(21-24-69(117)118)99-83(130)62-18-15-29-108(62)85(132)60(37-67(89)114)103-78(125)55(96-47(9)109)20-23-68(115)116/h26,31,39-40,42-46,48-49,52-62,71-72H,11-25,27-30,32-38,41H2,1-10H3,(H2,88,113)(H2,89,114)(H2,90,121)(H,93,95)(H,96,109)(H,97,123)(H,98,128)(H,99,130)(H,100,124)(H,101,127)(H,102,131)(H,103,125)(H,104,126)(H,105,122)(H,106,129)(H,115,116)(H,117,118)(H,119,120)(H4,91,92,94)/t46-,48+,49+,52-,53-,54-,55-,56-,57-,58-,59-,60-,61-,62-,71-,72-/m0/s1. The van der Waals surface area contributed by atoms with Crippen LogP contribution in [-0.4, -0.2) is 268 Å². The first-order valence-corrected chi connectivity index (χ1v) is 48.3. The second-order valence-corrected chi connectivity index (χ2v) is 38.1. The molecule has 15 amide bonds. The van der Waals surface area contributed by atoms with E-state index in [9.17, 15) is 92.0 Å². The highest BCUT2D eigenvalue weighted by molar-refractivity contribution is 7.99. The van der Waals surface area contributed by atoms with Crippen molar-refractivity contribution in [3.8, 4) is 0 Å². The Kier molecular flexibility index (Phi) is 47.3. The van der Waals surface area contributed by atoms with Gasteiger partial charge in [0, 0.05) is 118 Å². The lowest BCUT2D eigenvalue weighted by molar-refractivity contribution is -0.144. The van der Waals surface area contributed by atoms with Crippen LogP contribution in [0.5, 0.6) is 0 Å². The maximum Gasteiger partial charge on any atom is 0.305 e. The van der Waals surface area contributed by atoms with Gasteiger partial charge in [0.25, 0.3) is 0 Å². The Balaban J connectivity index is 1.54. The molecule has 5 rings (SSSR count). The summed E-state index contributed by atoms with van der Waals surface area (Å²) in [5.74, 6) is -27.0. The number of hydrogen-bond donors (Lipinski definition) is 21. The van der Waals surface area contributed by atoms with Crippen LogP contribution in [0.25, 0.3) is 10.1 Å². The van der Waals surface area contributed by atoms with Crippen LogP contribution in [0.2, 0.25) is 0 Å². The van der Waals surface area contributed by atoms with E-state index in [4.69, 9.17) is 28.3 Å². The van der Waals surface area contributed by atoms with Crippen LogP contribution in [0.1, 0.15) is 203 Å². The number of imidazole rings is 1. The van der Waals surface area contributed by atoms with E-state index in [-0.39, 0.29) is 114 Å². The zero-order valence-electron chi connectivity index (χ0n) is 77.7. The average Bonchev–Trinajstić information content (AvgIpc) is 1.63. The number of carboxylic acids is 3. The number of carbonyl (C=O) groups excluding carboxylic acids is 18. The van der Waals surface area contributed by atoms with Crippen LogP contribution < -0.4 is 86.7 Å². The highest BCUT2D eigenvalue weighted by Gasteiger charge is 2.44. The second-order valence-electron chi connectivity index (χ2n) is 35.1. The number of aryl methyl sites for hydroxylation is 1. The molecule has 3 aromatic heterocycles. The summed E-state index contributed by atoms with van der Waals surface area (Å²) in [5.41, 5.74) is 22.6. The second kappa shape index (κ2) is 56.3. The van der Waals surface area contributed by atoms with E-state index in [1.165, 1.54) is 35.6 Å². The van der Waals surface area contributed by atoms with E-state index in [0.29, 0.717) is 27.3 Å². The molecule has 1 fully saturated rings. The molecule has 3 aromatic rings. The molecule has 0 bridgehead atoms. The molecule has 45 nitrogen and oxygen atoms in total. The number of hydrogen-bond acceptors (Lipinski definition) is 26. The third-order valence-corrected chi connectivity index (χ3v) is 26.1. The number of nitrogens with zero attached hydrogens (tertiary/aromatic N) is 3. The number of primary amides is 3. The molecule has 0 unspecified atom stereocenters. The van der Waals surface area contributed by atoms with Crippen LogP contribution in [0.3, 0.4) is 0 Å². The van der Waals surface area contributed by atoms with E-state index >= 15 is 24.0 Å². The smallest absolute Gasteiger partial charge is 0.305 e. The van der Waals surface area contributed by atoms with Crippen molar-refractivity contribution < 1.29 is 116 Å². The first kappa shape index (κ1) is 113. The van der Waals surface area contributed by atoms with Gasteiger partial charge in [0.05, 0.1) is 47.0 Å². The lowest BCUT2D eigenvalue weighted by Gasteiger charge is -2.31. The maximum atomic E-state index is 15.4. The molecule has 2 aliphatic rings. The molecular weight excluding hydrogens is 1820 g/mol. The number of guanidine groups is 1. The van der Waals surface area contributed by atoms with Gasteiger partial charge in [0.1, 0.15) is 54.4 Å². The van der Waals surface area contributed by atoms with Gasteiger partial charge < -0.3 is 117 Å². The Labute approximate surface area is 794 Å². The number of carbonyl (C=O) groups is 21. The van der Waals surface area contributed by atoms with Crippen molar-refractivity contribution in [1.82, 2.24) is 83.2 Å². The largest absolute Gasteiger partial charge is 0.481 e. The number of aliphatic carboxylic acids is 3. The number of aromatic nitrogens is 3. The first-order valence-electron chi connectivity index (χ1n) is 45.1. The van der Waals surface area contributed by atoms with Crippen molar-refractivity contribution in [2.75, 3.05) is 30.9 Å². The number of aromatic amines is 1. The molecule has 1 saturated heterocycles. The van der Waals surface area contributed by atoms with E-state index in [2.05, 4.69) is 73.8 Å². The molecule has 0 saturated carbocycles. The fourth-order valence-corrected chi connectivity index (χ4v) is 18.3. The molecule has 48 heteroatoms. The summed E-state index contributed by atoms with van der Waals surface area (Å²) in [6.07, 6.45) is -0.359. The average molecular weight is 1950 g/mol. The number of Topliss-reactive ketones (excluding diaryl/α,β-unsaturated/α-hetero) is 3. The van der Waals surface area contributed by atoms with Gasteiger partial charge >= 0.3 is 17.9 Å². The fourth-order valence-electron chi connectivity index (χ4n) is 15.5. The minimum Gasteiger partial charge on any atom is -0.481 e. The van der Waals surface area contributed by atoms with Crippen molar-refractivity contribution in [3.05, 3.63) is 35.9 Å². The predicted octanol–water partition coefficient (Wildman–Crippen LogP) is -0.734. The molecule has 748 valence electrons. The highest BCUT2D eigenvalue weighted by atomic mass is 32.2. The van der Waals surface area contributed by atoms with E-state index in [1.54, 1.807) is 73.0 Å². The molecule has 25 N–H and O–H groups in total. The van der Waals surface area contributed by atoms with Gasteiger partial charge in [-0.15, -0.1) is 23.1 Å². The molecule has 16 atom stereocenters. The van der Waals surface area contributed by atoms with Crippen molar-refractivity contribution in [2.24, 2.45) is 64.4 Å². The summed E-state index contributed by atoms with van der Waals surface area (Å²) < 4.78 is 2.49. The summed E-state index contributed by atoms with van der Waals surface area (Å²) in [4.78, 5) is 300. The number of nitrogens with two attached hydrogens (primary N) is 4. The minimum atomic E-state index is -1.99. The fraction of sp³-hybridized carbons (Fsp3) is 0.644. The number of ketones is 3. The lowest BCUT2D eigenvalue weighted by Crippen LogP contribution is -2.62. The lowest BCUT2D eigenvalue weighted by atomic mass is 9.86. The van der Waals surface area contributed by atoms with Gasteiger partial charge in [0.2, 0.25) is 88.6 Å². The monoisotopic (exact) mass is 1950 g/mol. The van der Waals surface area contributed by atoms with Crippen LogP contribution in [0.4, 0.5) is 0 Å². The van der Waals surface area contributed by atoms with Gasteiger partial charge in [-0.3, -0.25) is 106 Å². The minimum absolute atomic E-state index is 0.0346. The SMILES string of the molecule is CC[C@H](C)[C@@H]1NC(=O)[C@@H](NC(=O)[C@H](CCC(=O)O)NC(=O)[C@@H]2CCCN2C(=O)[C@H](CC(N)=O)NC(=O)[C@H](CCC(=O)O)NC(C)=O)CSc2c3sccc3cn2CCCC[C@@H](C(=O)N[C@@H](Cc2cnc[nH]2)C(=O)C[C@H](C(=O)N[C@@H](CCC(N)=O)C(=O)C[C@@H](CCCNC(=N)N)C(=O)N[C@H](C(=O)C[C@@H](CCSC)C(N)=O)C(C)C)C(C)C)NC(=O)[C@H](CC(=O)O)NC(=O)[C@H](CC(C)C)NC1=O. The molecule has 0 spiro atoms. The number of likely N-dealkylation sites (tertiary alicyclic amines) is 1. The zero-order valence-corrected chi connectivity index (χ0v) is 80.2. The summed E-state index contributed by atoms with van der Waals surface area (Å²) in [5, 5.41) is 71.5. The maximum absolute atomic E-state index is 15.4. The van der Waals surface area contributed by atoms with Crippen LogP contribution in [0, 0.1) is 46.8 Å². The Morgan fingerprint density at radius 2 is 1.24 bits per heavy atom. The molecule has 0 radical (unpaired) electrons. The summed E-state index contributed by atoms with van der Waals surface area (Å²) in [7, 11) is 0. The van der Waals surface area contributed by atoms with Gasteiger partial charge in [-0.25, -0.2) is 4.98 Å². The first-order chi connectivity index (χ1) is 63.6. The van der Waals surface area contributed by atoms with Gasteiger partial charge in [-0.05, 0) is 124 Å². The third kappa shape index (κ3) is 37.9. The van der Waals surface area contributed by atoms with Gasteiger partial charge in [-0.1, -0.05) is 61.8 Å². The highest BCUT2D eigenvalue weighted by Crippen LogP contribution is 2.36. The number of fused-ring (bicyclic) bond motifs is 3. The molecule has 135 heavy (non-hydrogen) atoms. The quantitative estimate of drug-likeness (QED) is 0.0188. The normalized spacial score (nSPS) is 19.3. The van der Waals surface area contributed by atoms with E-state index in [0.717, 1.165) is 23.6 Å². The molecule has 0 aliphatic carbocycles. The van der Waals surface area contributed by atoms with Gasteiger partial charge in [-0.2, -0.15) is 11.8 Å². The number of nitrogens with one attached hydrogen (secondary N) is 14. The Hall–Kier alpha value is -12.1. The van der Waals surface area contributed by atoms with Crippen molar-refractivity contribution in [2.45, 2.75) is 288 Å². The topological polar surface area (TPSA) is 728 Å². The van der Waals surface area contributed by atoms with E-state index < -0.39 is 296 Å². The number of rotatable bonds is 52. The van der Waals surface area contributed by atoms with Crippen molar-refractivity contribution >= 4 is 175 Å².